The van der Waals surface area contributed by atoms with Crippen LogP contribution in [0, 0.1) is 6.92 Å². The molecule has 1 heterocycles. The van der Waals surface area contributed by atoms with Gasteiger partial charge in [0.2, 0.25) is 0 Å². The fourth-order valence-corrected chi connectivity index (χ4v) is 2.84. The third kappa shape index (κ3) is 4.81. The lowest BCUT2D eigenvalue weighted by Gasteiger charge is -2.17. The van der Waals surface area contributed by atoms with Crippen molar-refractivity contribution in [1.29, 1.82) is 0 Å². The Kier molecular flexibility index (Phi) is 7.47. The third-order valence-electron chi connectivity index (χ3n) is 3.55. The Bertz CT molecular complexity index is 368. The number of nitrogens with one attached hydrogen (secondary N) is 1. The topological polar surface area (TPSA) is 29.9 Å². The minimum Gasteiger partial charge on any atom is -0.314 e. The molecule has 1 aromatic heterocycles. The van der Waals surface area contributed by atoms with Crippen LogP contribution in [0.3, 0.4) is 0 Å². The zero-order valence-corrected chi connectivity index (χ0v) is 13.6. The van der Waals surface area contributed by atoms with Crippen LogP contribution >= 0.6 is 11.6 Å². The van der Waals surface area contributed by atoms with Gasteiger partial charge < -0.3 is 5.32 Å². The maximum atomic E-state index is 6.33. The number of hydrogen-bond acceptors (Lipinski definition) is 2. The molecule has 0 aliphatic rings. The molecule has 0 aliphatic heterocycles. The molecule has 1 unspecified atom stereocenters. The number of aryl methyl sites for hydroxylation is 2. The first-order chi connectivity index (χ1) is 9.13. The molecule has 1 rings (SSSR count). The van der Waals surface area contributed by atoms with Gasteiger partial charge in [-0.05, 0) is 46.1 Å². The van der Waals surface area contributed by atoms with Crippen molar-refractivity contribution in [3.05, 3.63) is 16.4 Å². The molecule has 4 heteroatoms. The number of hydrogen-bond donors (Lipinski definition) is 1. The predicted molar refractivity (Wildman–Crippen MR) is 83.0 cm³/mol. The van der Waals surface area contributed by atoms with Gasteiger partial charge in [0.15, 0.2) is 0 Å². The van der Waals surface area contributed by atoms with Crippen LogP contribution in [-0.4, -0.2) is 22.4 Å². The van der Waals surface area contributed by atoms with Crippen molar-refractivity contribution in [3.8, 4) is 0 Å². The van der Waals surface area contributed by atoms with Crippen LogP contribution in [0.2, 0.25) is 5.02 Å². The van der Waals surface area contributed by atoms with Crippen molar-refractivity contribution in [1.82, 2.24) is 15.1 Å². The van der Waals surface area contributed by atoms with E-state index < -0.39 is 0 Å². The summed E-state index contributed by atoms with van der Waals surface area (Å²) in [7, 11) is 0. The highest BCUT2D eigenvalue weighted by Gasteiger charge is 2.13. The average Bonchev–Trinajstić information content (AvgIpc) is 2.66. The van der Waals surface area contributed by atoms with Gasteiger partial charge >= 0.3 is 0 Å². The summed E-state index contributed by atoms with van der Waals surface area (Å²) in [4.78, 5) is 0. The highest BCUT2D eigenvalue weighted by Crippen LogP contribution is 2.22. The first kappa shape index (κ1) is 16.5. The molecule has 0 amide bonds. The van der Waals surface area contributed by atoms with E-state index in [2.05, 4.69) is 31.2 Å². The maximum Gasteiger partial charge on any atom is 0.0847 e. The Morgan fingerprint density at radius 1 is 1.26 bits per heavy atom. The summed E-state index contributed by atoms with van der Waals surface area (Å²) >= 11 is 6.33. The Morgan fingerprint density at radius 3 is 2.58 bits per heavy atom. The van der Waals surface area contributed by atoms with Gasteiger partial charge in [0.05, 0.1) is 16.4 Å². The molecule has 0 aromatic carbocycles. The van der Waals surface area contributed by atoms with Gasteiger partial charge in [-0.15, -0.1) is 0 Å². The summed E-state index contributed by atoms with van der Waals surface area (Å²) < 4.78 is 2.04. The van der Waals surface area contributed by atoms with Crippen LogP contribution in [0.1, 0.15) is 57.8 Å². The minimum absolute atomic E-state index is 0.646. The van der Waals surface area contributed by atoms with Crippen LogP contribution in [-0.2, 0) is 13.0 Å². The van der Waals surface area contributed by atoms with E-state index in [1.807, 2.05) is 11.6 Å². The van der Waals surface area contributed by atoms with Crippen molar-refractivity contribution in [2.24, 2.45) is 0 Å². The Balaban J connectivity index is 2.52. The second-order valence-electron chi connectivity index (χ2n) is 5.10. The van der Waals surface area contributed by atoms with Crippen LogP contribution < -0.4 is 5.32 Å². The molecular formula is C15H28ClN3. The number of halogens is 1. The highest BCUT2D eigenvalue weighted by molar-refractivity contribution is 6.31. The summed E-state index contributed by atoms with van der Waals surface area (Å²) in [6, 6.07) is 0.646. The molecule has 0 saturated heterocycles. The SMILES string of the molecule is CCCC(CCCc1c(Cl)c(C)nn1CC)NCC. The van der Waals surface area contributed by atoms with E-state index in [4.69, 9.17) is 11.6 Å². The molecule has 0 saturated carbocycles. The normalized spacial score (nSPS) is 12.9. The van der Waals surface area contributed by atoms with E-state index in [1.54, 1.807) is 0 Å². The largest absolute Gasteiger partial charge is 0.314 e. The summed E-state index contributed by atoms with van der Waals surface area (Å²) in [5, 5.41) is 8.89. The molecule has 1 N–H and O–H groups in total. The van der Waals surface area contributed by atoms with E-state index in [9.17, 15) is 0 Å². The molecule has 1 aromatic rings. The Labute approximate surface area is 122 Å². The van der Waals surface area contributed by atoms with Gasteiger partial charge in [-0.25, -0.2) is 0 Å². The van der Waals surface area contributed by atoms with Crippen LogP contribution in [0.25, 0.3) is 0 Å². The van der Waals surface area contributed by atoms with E-state index in [1.165, 1.54) is 31.4 Å². The molecular weight excluding hydrogens is 258 g/mol. The molecule has 0 aliphatic carbocycles. The van der Waals surface area contributed by atoms with E-state index in [0.29, 0.717) is 6.04 Å². The van der Waals surface area contributed by atoms with E-state index in [0.717, 1.165) is 30.2 Å². The van der Waals surface area contributed by atoms with Crippen molar-refractivity contribution in [3.63, 3.8) is 0 Å². The maximum absolute atomic E-state index is 6.33. The number of rotatable bonds is 9. The molecule has 3 nitrogen and oxygen atoms in total. The van der Waals surface area contributed by atoms with Crippen LogP contribution in [0.5, 0.6) is 0 Å². The average molecular weight is 286 g/mol. The summed E-state index contributed by atoms with van der Waals surface area (Å²) in [6.45, 7) is 10.5. The number of nitrogens with zero attached hydrogens (tertiary/aromatic N) is 2. The number of aromatic nitrogens is 2. The lowest BCUT2D eigenvalue weighted by atomic mass is 10.0. The standard InChI is InChI=1S/C15H28ClN3/c1-5-9-13(17-6-2)10-8-11-14-15(16)12(4)18-19(14)7-3/h13,17H,5-11H2,1-4H3. The van der Waals surface area contributed by atoms with Gasteiger partial charge in [0.25, 0.3) is 0 Å². The van der Waals surface area contributed by atoms with Gasteiger partial charge in [-0.3, -0.25) is 4.68 Å². The van der Waals surface area contributed by atoms with Crippen molar-refractivity contribution in [2.45, 2.75) is 72.4 Å². The Morgan fingerprint density at radius 2 is 2.00 bits per heavy atom. The molecule has 19 heavy (non-hydrogen) atoms. The second-order valence-corrected chi connectivity index (χ2v) is 5.48. The molecule has 0 fully saturated rings. The molecule has 1 atom stereocenters. The van der Waals surface area contributed by atoms with E-state index >= 15 is 0 Å². The summed E-state index contributed by atoms with van der Waals surface area (Å²) in [5.74, 6) is 0. The van der Waals surface area contributed by atoms with Gasteiger partial charge in [0, 0.05) is 12.6 Å². The van der Waals surface area contributed by atoms with Gasteiger partial charge in [-0.2, -0.15) is 5.10 Å². The van der Waals surface area contributed by atoms with Crippen molar-refractivity contribution >= 4 is 11.6 Å². The molecule has 110 valence electrons. The van der Waals surface area contributed by atoms with Crippen LogP contribution in [0.15, 0.2) is 0 Å². The first-order valence-electron chi connectivity index (χ1n) is 7.59. The lowest BCUT2D eigenvalue weighted by Crippen LogP contribution is -2.28. The van der Waals surface area contributed by atoms with E-state index in [-0.39, 0.29) is 0 Å². The lowest BCUT2D eigenvalue weighted by molar-refractivity contribution is 0.444. The molecule has 0 radical (unpaired) electrons. The Hall–Kier alpha value is -0.540. The van der Waals surface area contributed by atoms with Crippen LogP contribution in [0.4, 0.5) is 0 Å². The minimum atomic E-state index is 0.646. The third-order valence-corrected chi connectivity index (χ3v) is 4.04. The fourth-order valence-electron chi connectivity index (χ4n) is 2.61. The predicted octanol–water partition coefficient (Wildman–Crippen LogP) is 3.97. The monoisotopic (exact) mass is 285 g/mol. The quantitative estimate of drug-likeness (QED) is 0.744. The van der Waals surface area contributed by atoms with Crippen molar-refractivity contribution < 1.29 is 0 Å². The molecule has 0 spiro atoms. The second kappa shape index (κ2) is 8.60. The summed E-state index contributed by atoms with van der Waals surface area (Å²) in [6.07, 6.45) is 5.91. The fraction of sp³-hybridized carbons (Fsp3) is 0.800. The zero-order valence-electron chi connectivity index (χ0n) is 12.8. The smallest absolute Gasteiger partial charge is 0.0847 e. The zero-order chi connectivity index (χ0) is 14.3. The van der Waals surface area contributed by atoms with Crippen molar-refractivity contribution in [2.75, 3.05) is 6.54 Å². The van der Waals surface area contributed by atoms with Gasteiger partial charge in [0.1, 0.15) is 0 Å². The highest BCUT2D eigenvalue weighted by atomic mass is 35.5. The first-order valence-corrected chi connectivity index (χ1v) is 7.96. The molecule has 0 bridgehead atoms. The van der Waals surface area contributed by atoms with Gasteiger partial charge in [-0.1, -0.05) is 31.9 Å². The summed E-state index contributed by atoms with van der Waals surface area (Å²) in [5.41, 5.74) is 2.16.